The van der Waals surface area contributed by atoms with Gasteiger partial charge in [0.25, 0.3) is 0 Å². The summed E-state index contributed by atoms with van der Waals surface area (Å²) in [5.41, 5.74) is 4.43. The molecule has 0 heterocycles. The van der Waals surface area contributed by atoms with Crippen molar-refractivity contribution in [1.82, 2.24) is 10.2 Å². The van der Waals surface area contributed by atoms with Gasteiger partial charge in [-0.3, -0.25) is 4.79 Å². The molecule has 3 N–H and O–H groups in total. The van der Waals surface area contributed by atoms with E-state index in [2.05, 4.69) is 24.1 Å². The van der Waals surface area contributed by atoms with Crippen molar-refractivity contribution in [2.45, 2.75) is 43.9 Å². The first-order chi connectivity index (χ1) is 9.28. The Morgan fingerprint density at radius 2 is 2.00 bits per heavy atom. The van der Waals surface area contributed by atoms with Crippen molar-refractivity contribution in [2.75, 3.05) is 32.4 Å². The van der Waals surface area contributed by atoms with Gasteiger partial charge in [0.05, 0.1) is 5.25 Å². The van der Waals surface area contributed by atoms with E-state index < -0.39 is 26.5 Å². The van der Waals surface area contributed by atoms with Gasteiger partial charge in [-0.1, -0.05) is 13.8 Å². The van der Waals surface area contributed by atoms with Crippen LogP contribution in [0.2, 0.25) is 0 Å². The lowest BCUT2D eigenvalue weighted by Gasteiger charge is -2.33. The second kappa shape index (κ2) is 6.87. The predicted octanol–water partition coefficient (Wildman–Crippen LogP) is -0.261. The highest BCUT2D eigenvalue weighted by atomic mass is 32.2. The molecular weight excluding hydrogens is 278 g/mol. The molecule has 0 aromatic carbocycles. The molecule has 20 heavy (non-hydrogen) atoms. The zero-order valence-corrected chi connectivity index (χ0v) is 13.5. The smallest absolute Gasteiger partial charge is 0.239 e. The summed E-state index contributed by atoms with van der Waals surface area (Å²) in [6, 6.07) is 0. The minimum atomic E-state index is -3.29. The lowest BCUT2D eigenvalue weighted by molar-refractivity contribution is -0.124. The third kappa shape index (κ3) is 3.71. The van der Waals surface area contributed by atoms with Gasteiger partial charge in [0.15, 0.2) is 9.84 Å². The normalized spacial score (nSPS) is 27.1. The molecule has 1 rings (SSSR count). The van der Waals surface area contributed by atoms with Gasteiger partial charge in [-0.15, -0.1) is 0 Å². The molecule has 0 spiro atoms. The van der Waals surface area contributed by atoms with Crippen LogP contribution >= 0.6 is 0 Å². The van der Waals surface area contributed by atoms with Crippen LogP contribution in [0.25, 0.3) is 0 Å². The van der Waals surface area contributed by atoms with E-state index in [1.165, 1.54) is 6.26 Å². The van der Waals surface area contributed by atoms with Crippen LogP contribution in [0.5, 0.6) is 0 Å². The maximum atomic E-state index is 11.9. The fraction of sp³-hybridized carbons (Fsp3) is 0.923. The van der Waals surface area contributed by atoms with Crippen molar-refractivity contribution in [3.63, 3.8) is 0 Å². The highest BCUT2D eigenvalue weighted by molar-refractivity contribution is 7.91. The van der Waals surface area contributed by atoms with E-state index in [1.54, 1.807) is 0 Å². The Kier molecular flexibility index (Phi) is 5.97. The minimum absolute atomic E-state index is 0.498. The number of hydrogen-bond donors (Lipinski definition) is 2. The molecule has 118 valence electrons. The highest BCUT2D eigenvalue weighted by Crippen LogP contribution is 2.34. The third-order valence-electron chi connectivity index (χ3n) is 4.31. The standard InChI is InChI=1S/C13H27N3O3S/c1-4-16(5-2)10-9-15-13(12(14)17)8-6-7-11(13)20(3,18)19/h11,15H,4-10H2,1-3H3,(H2,14,17). The average Bonchev–Trinajstić information content (AvgIpc) is 2.80. The Balaban J connectivity index is 2.80. The van der Waals surface area contributed by atoms with Crippen molar-refractivity contribution >= 4 is 15.7 Å². The number of likely N-dealkylation sites (N-methyl/N-ethyl adjacent to an activating group) is 1. The molecular formula is C13H27N3O3S. The molecule has 0 aromatic heterocycles. The van der Waals surface area contributed by atoms with Crippen molar-refractivity contribution in [3.05, 3.63) is 0 Å². The summed E-state index contributed by atoms with van der Waals surface area (Å²) in [7, 11) is -3.29. The minimum Gasteiger partial charge on any atom is -0.368 e. The van der Waals surface area contributed by atoms with E-state index in [4.69, 9.17) is 5.73 Å². The van der Waals surface area contributed by atoms with Crippen LogP contribution in [0.1, 0.15) is 33.1 Å². The number of nitrogens with two attached hydrogens (primary N) is 1. The summed E-state index contributed by atoms with van der Waals surface area (Å²) < 4.78 is 23.8. The Morgan fingerprint density at radius 1 is 1.40 bits per heavy atom. The Hall–Kier alpha value is -0.660. The fourth-order valence-corrected chi connectivity index (χ4v) is 4.74. The largest absolute Gasteiger partial charge is 0.368 e. The molecule has 0 bridgehead atoms. The third-order valence-corrected chi connectivity index (χ3v) is 5.98. The summed E-state index contributed by atoms with van der Waals surface area (Å²) in [6.45, 7) is 7.34. The summed E-state index contributed by atoms with van der Waals surface area (Å²) in [6.07, 6.45) is 2.89. The first-order valence-electron chi connectivity index (χ1n) is 7.24. The van der Waals surface area contributed by atoms with E-state index in [-0.39, 0.29) is 0 Å². The van der Waals surface area contributed by atoms with Gasteiger partial charge in [-0.25, -0.2) is 8.42 Å². The van der Waals surface area contributed by atoms with Gasteiger partial charge in [0, 0.05) is 19.3 Å². The van der Waals surface area contributed by atoms with Crippen LogP contribution in [0.4, 0.5) is 0 Å². The van der Waals surface area contributed by atoms with Crippen LogP contribution in [0.15, 0.2) is 0 Å². The summed E-state index contributed by atoms with van der Waals surface area (Å²) in [5, 5.41) is 2.45. The number of carbonyl (C=O) groups is 1. The van der Waals surface area contributed by atoms with Gasteiger partial charge in [0.1, 0.15) is 5.54 Å². The summed E-state index contributed by atoms with van der Waals surface area (Å²) >= 11 is 0. The number of nitrogens with zero attached hydrogens (tertiary/aromatic N) is 1. The first kappa shape index (κ1) is 17.4. The van der Waals surface area contributed by atoms with Crippen LogP contribution in [0.3, 0.4) is 0 Å². The molecule has 0 aromatic rings. The van der Waals surface area contributed by atoms with Crippen LogP contribution in [-0.2, 0) is 14.6 Å². The van der Waals surface area contributed by atoms with Gasteiger partial charge in [-0.05, 0) is 32.4 Å². The molecule has 7 heteroatoms. The topological polar surface area (TPSA) is 92.5 Å². The molecule has 0 saturated heterocycles. The number of nitrogens with one attached hydrogen (secondary N) is 1. The second-order valence-corrected chi connectivity index (χ2v) is 7.73. The molecule has 1 amide bonds. The van der Waals surface area contributed by atoms with Crippen molar-refractivity contribution < 1.29 is 13.2 Å². The van der Waals surface area contributed by atoms with E-state index in [0.29, 0.717) is 25.8 Å². The number of amides is 1. The Morgan fingerprint density at radius 3 is 2.45 bits per heavy atom. The summed E-state index contributed by atoms with van der Waals surface area (Å²) in [4.78, 5) is 14.1. The van der Waals surface area contributed by atoms with Crippen LogP contribution < -0.4 is 11.1 Å². The highest BCUT2D eigenvalue weighted by Gasteiger charge is 2.52. The molecule has 1 aliphatic rings. The lowest BCUT2D eigenvalue weighted by Crippen LogP contribution is -2.63. The second-order valence-electron chi connectivity index (χ2n) is 5.50. The molecule has 0 radical (unpaired) electrons. The maximum Gasteiger partial charge on any atom is 0.239 e. The van der Waals surface area contributed by atoms with Gasteiger partial charge in [-0.2, -0.15) is 0 Å². The van der Waals surface area contributed by atoms with E-state index in [0.717, 1.165) is 19.6 Å². The zero-order valence-electron chi connectivity index (χ0n) is 12.7. The number of sulfone groups is 1. The molecule has 0 aliphatic heterocycles. The summed E-state index contributed by atoms with van der Waals surface area (Å²) in [5.74, 6) is -0.551. The number of primary amides is 1. The average molecular weight is 305 g/mol. The molecule has 2 atom stereocenters. The Labute approximate surface area is 122 Å². The SMILES string of the molecule is CCN(CC)CCNC1(C(N)=O)CCCC1S(C)(=O)=O. The maximum absolute atomic E-state index is 11.9. The first-order valence-corrected chi connectivity index (χ1v) is 9.19. The lowest BCUT2D eigenvalue weighted by atomic mass is 9.96. The molecule has 1 aliphatic carbocycles. The number of rotatable bonds is 8. The quantitative estimate of drug-likeness (QED) is 0.644. The van der Waals surface area contributed by atoms with Gasteiger partial charge >= 0.3 is 0 Å². The van der Waals surface area contributed by atoms with E-state index in [1.807, 2.05) is 0 Å². The van der Waals surface area contributed by atoms with Gasteiger partial charge < -0.3 is 16.0 Å². The van der Waals surface area contributed by atoms with Crippen LogP contribution in [0, 0.1) is 0 Å². The fourth-order valence-electron chi connectivity index (χ4n) is 3.10. The number of carbonyl (C=O) groups excluding carboxylic acids is 1. The number of hydrogen-bond acceptors (Lipinski definition) is 5. The van der Waals surface area contributed by atoms with Crippen molar-refractivity contribution in [2.24, 2.45) is 5.73 Å². The van der Waals surface area contributed by atoms with E-state index >= 15 is 0 Å². The van der Waals surface area contributed by atoms with E-state index in [9.17, 15) is 13.2 Å². The molecule has 2 unspecified atom stereocenters. The van der Waals surface area contributed by atoms with Crippen LogP contribution in [-0.4, -0.2) is 62.4 Å². The molecule has 1 fully saturated rings. The predicted molar refractivity (Wildman–Crippen MR) is 80.2 cm³/mol. The zero-order chi connectivity index (χ0) is 15.4. The van der Waals surface area contributed by atoms with Crippen molar-refractivity contribution in [1.29, 1.82) is 0 Å². The molecule has 1 saturated carbocycles. The van der Waals surface area contributed by atoms with Crippen molar-refractivity contribution in [3.8, 4) is 0 Å². The van der Waals surface area contributed by atoms with Gasteiger partial charge in [0.2, 0.25) is 5.91 Å². The molecule has 6 nitrogen and oxygen atoms in total. The Bertz CT molecular complexity index is 434. The monoisotopic (exact) mass is 305 g/mol.